The van der Waals surface area contributed by atoms with Crippen LogP contribution in [0.4, 0.5) is 0 Å². The van der Waals surface area contributed by atoms with E-state index in [1.54, 1.807) is 6.07 Å². The number of hydrogen-bond acceptors (Lipinski definition) is 6. The highest BCUT2D eigenvalue weighted by Crippen LogP contribution is 2.22. The number of carbonyl (C=O) groups is 3. The summed E-state index contributed by atoms with van der Waals surface area (Å²) in [5, 5.41) is 0.230. The molecule has 0 aliphatic carbocycles. The number of methoxy groups -OCH3 is 1. The molecule has 0 amide bonds. The molecule has 92 valence electrons. The Kier molecular flexibility index (Phi) is 3.47. The number of nitrogens with zero attached hydrogens (tertiary/aromatic N) is 1. The summed E-state index contributed by atoms with van der Waals surface area (Å²) in [5.41, 5.74) is 0.705. The van der Waals surface area contributed by atoms with Crippen molar-refractivity contribution in [1.29, 1.82) is 0 Å². The van der Waals surface area contributed by atoms with E-state index < -0.39 is 24.0 Å². The van der Waals surface area contributed by atoms with Crippen molar-refractivity contribution in [2.45, 2.75) is 6.42 Å². The molecule has 0 radical (unpaired) electrons. The minimum absolute atomic E-state index is 0.230. The molecule has 5 nitrogen and oxygen atoms in total. The van der Waals surface area contributed by atoms with Crippen molar-refractivity contribution in [2.75, 3.05) is 7.11 Å². The van der Waals surface area contributed by atoms with Gasteiger partial charge in [-0.3, -0.25) is 9.59 Å². The third-order valence-electron chi connectivity index (χ3n) is 2.27. The molecular weight excluding hydrogens is 254 g/mol. The molecule has 2 rings (SSSR count). The summed E-state index contributed by atoms with van der Waals surface area (Å²) in [7, 11) is 1.10. The molecule has 0 saturated heterocycles. The Morgan fingerprint density at radius 1 is 1.28 bits per heavy atom. The van der Waals surface area contributed by atoms with E-state index in [4.69, 9.17) is 0 Å². The number of Topliss-reactive ketones (excluding diaryl/α,β-unsaturated/α-hetero) is 2. The molecule has 6 heteroatoms. The molecule has 1 aromatic heterocycles. The molecule has 0 bridgehead atoms. The molecular formula is C12H9NO4S. The summed E-state index contributed by atoms with van der Waals surface area (Å²) in [6.07, 6.45) is -0.507. The van der Waals surface area contributed by atoms with E-state index in [0.717, 1.165) is 11.8 Å². The molecule has 0 unspecified atom stereocenters. The number of hydrogen-bond donors (Lipinski definition) is 0. The zero-order valence-corrected chi connectivity index (χ0v) is 10.3. The number of benzene rings is 1. The van der Waals surface area contributed by atoms with E-state index in [1.165, 1.54) is 11.3 Å². The Hall–Kier alpha value is -2.08. The predicted molar refractivity (Wildman–Crippen MR) is 65.6 cm³/mol. The highest BCUT2D eigenvalue weighted by Gasteiger charge is 2.21. The number of rotatable bonds is 4. The van der Waals surface area contributed by atoms with E-state index in [0.29, 0.717) is 5.52 Å². The van der Waals surface area contributed by atoms with Gasteiger partial charge in [0.1, 0.15) is 0 Å². The van der Waals surface area contributed by atoms with Gasteiger partial charge in [-0.2, -0.15) is 0 Å². The van der Waals surface area contributed by atoms with Crippen molar-refractivity contribution < 1.29 is 19.1 Å². The van der Waals surface area contributed by atoms with Crippen LogP contribution in [0.5, 0.6) is 0 Å². The molecule has 0 saturated carbocycles. The van der Waals surface area contributed by atoms with Crippen LogP contribution in [0.15, 0.2) is 24.3 Å². The third-order valence-corrected chi connectivity index (χ3v) is 3.34. The Morgan fingerprint density at radius 2 is 2.00 bits per heavy atom. The minimum Gasteiger partial charge on any atom is -0.463 e. The Morgan fingerprint density at radius 3 is 2.67 bits per heavy atom. The van der Waals surface area contributed by atoms with Gasteiger partial charge in [0.05, 0.1) is 23.7 Å². The van der Waals surface area contributed by atoms with Crippen LogP contribution >= 0.6 is 11.3 Å². The minimum atomic E-state index is -1.01. The normalized spacial score (nSPS) is 10.3. The fourth-order valence-electron chi connectivity index (χ4n) is 1.40. The number of ketones is 2. The number of ether oxygens (including phenoxy) is 1. The Balaban J connectivity index is 2.18. The van der Waals surface area contributed by atoms with Gasteiger partial charge >= 0.3 is 5.97 Å². The molecule has 2 aromatic rings. The summed E-state index contributed by atoms with van der Waals surface area (Å²) in [6.45, 7) is 0. The van der Waals surface area contributed by atoms with Gasteiger partial charge in [-0.05, 0) is 12.1 Å². The second kappa shape index (κ2) is 5.05. The molecule has 1 heterocycles. The molecule has 0 aliphatic rings. The van der Waals surface area contributed by atoms with Gasteiger partial charge in [-0.25, -0.2) is 9.78 Å². The molecule has 0 atom stereocenters. The maximum absolute atomic E-state index is 11.8. The third kappa shape index (κ3) is 2.43. The standard InChI is InChI=1S/C12H9NO4S/c1-17-12(16)9(15)6-8(14)11-13-7-4-2-3-5-10(7)18-11/h2-5H,6H2,1H3. The quantitative estimate of drug-likeness (QED) is 0.362. The SMILES string of the molecule is COC(=O)C(=O)CC(=O)c1nc2ccccc2s1. The predicted octanol–water partition coefficient (Wildman–Crippen LogP) is 1.61. The van der Waals surface area contributed by atoms with Crippen LogP contribution in [0.3, 0.4) is 0 Å². The van der Waals surface area contributed by atoms with Crippen molar-refractivity contribution in [1.82, 2.24) is 4.98 Å². The number of aromatic nitrogens is 1. The van der Waals surface area contributed by atoms with E-state index in [2.05, 4.69) is 9.72 Å². The monoisotopic (exact) mass is 263 g/mol. The van der Waals surface area contributed by atoms with Gasteiger partial charge in [0.2, 0.25) is 5.78 Å². The number of esters is 1. The Labute approximate surface area is 106 Å². The van der Waals surface area contributed by atoms with Crippen LogP contribution < -0.4 is 0 Å². The molecule has 0 N–H and O–H groups in total. The van der Waals surface area contributed by atoms with Crippen molar-refractivity contribution >= 4 is 39.1 Å². The fraction of sp³-hybridized carbons (Fsp3) is 0.167. The summed E-state index contributed by atoms with van der Waals surface area (Å²) in [4.78, 5) is 38.0. The molecule has 0 spiro atoms. The highest BCUT2D eigenvalue weighted by molar-refractivity contribution is 7.20. The van der Waals surface area contributed by atoms with E-state index in [1.807, 2.05) is 18.2 Å². The number of thiazole rings is 1. The molecule has 1 aromatic carbocycles. The van der Waals surface area contributed by atoms with Crippen LogP contribution in [0.25, 0.3) is 10.2 Å². The largest absolute Gasteiger partial charge is 0.463 e. The van der Waals surface area contributed by atoms with Gasteiger partial charge in [-0.1, -0.05) is 12.1 Å². The second-order valence-corrected chi connectivity index (χ2v) is 4.53. The van der Waals surface area contributed by atoms with Crippen LogP contribution in [0, 0.1) is 0 Å². The molecule has 0 fully saturated rings. The van der Waals surface area contributed by atoms with Crippen LogP contribution in [-0.4, -0.2) is 29.6 Å². The zero-order chi connectivity index (χ0) is 13.1. The first kappa shape index (κ1) is 12.4. The summed E-state index contributed by atoms with van der Waals surface area (Å²) in [5.74, 6) is -2.34. The second-order valence-electron chi connectivity index (χ2n) is 3.50. The average Bonchev–Trinajstić information content (AvgIpc) is 2.81. The van der Waals surface area contributed by atoms with E-state index in [-0.39, 0.29) is 5.01 Å². The van der Waals surface area contributed by atoms with Gasteiger partial charge in [0, 0.05) is 0 Å². The van der Waals surface area contributed by atoms with Gasteiger partial charge in [-0.15, -0.1) is 11.3 Å². The number of para-hydroxylation sites is 1. The smallest absolute Gasteiger partial charge is 0.374 e. The summed E-state index contributed by atoms with van der Waals surface area (Å²) < 4.78 is 5.12. The maximum atomic E-state index is 11.8. The lowest BCUT2D eigenvalue weighted by atomic mass is 10.2. The van der Waals surface area contributed by atoms with Crippen LogP contribution in [-0.2, 0) is 14.3 Å². The summed E-state index contributed by atoms with van der Waals surface area (Å²) in [6, 6.07) is 7.28. The topological polar surface area (TPSA) is 73.3 Å². The van der Waals surface area contributed by atoms with E-state index >= 15 is 0 Å². The van der Waals surface area contributed by atoms with Gasteiger partial charge in [0.15, 0.2) is 10.8 Å². The first-order valence-electron chi connectivity index (χ1n) is 5.11. The summed E-state index contributed by atoms with van der Waals surface area (Å²) >= 11 is 1.20. The average molecular weight is 263 g/mol. The first-order chi connectivity index (χ1) is 8.61. The first-order valence-corrected chi connectivity index (χ1v) is 5.93. The van der Waals surface area contributed by atoms with Gasteiger partial charge < -0.3 is 4.74 Å². The Bertz CT molecular complexity index is 599. The van der Waals surface area contributed by atoms with Crippen molar-refractivity contribution in [3.05, 3.63) is 29.3 Å². The lowest BCUT2D eigenvalue weighted by molar-refractivity contribution is -0.151. The fourth-order valence-corrected chi connectivity index (χ4v) is 2.30. The number of fused-ring (bicyclic) bond motifs is 1. The van der Waals surface area contributed by atoms with Crippen molar-refractivity contribution in [3.8, 4) is 0 Å². The van der Waals surface area contributed by atoms with Crippen LogP contribution in [0.2, 0.25) is 0 Å². The highest BCUT2D eigenvalue weighted by atomic mass is 32.1. The maximum Gasteiger partial charge on any atom is 0.374 e. The molecule has 0 aliphatic heterocycles. The van der Waals surface area contributed by atoms with Crippen LogP contribution in [0.1, 0.15) is 16.2 Å². The van der Waals surface area contributed by atoms with E-state index in [9.17, 15) is 14.4 Å². The van der Waals surface area contributed by atoms with Gasteiger partial charge in [0.25, 0.3) is 0 Å². The van der Waals surface area contributed by atoms with Crippen molar-refractivity contribution in [2.24, 2.45) is 0 Å². The lowest BCUT2D eigenvalue weighted by Gasteiger charge is -1.95. The molecule has 18 heavy (non-hydrogen) atoms. The lowest BCUT2D eigenvalue weighted by Crippen LogP contribution is -2.19. The number of carbonyl (C=O) groups excluding carboxylic acids is 3. The van der Waals surface area contributed by atoms with Crippen molar-refractivity contribution in [3.63, 3.8) is 0 Å². The zero-order valence-electron chi connectivity index (χ0n) is 9.50.